The number of amides is 1. The van der Waals surface area contributed by atoms with E-state index in [0.717, 1.165) is 28.8 Å². The molecule has 2 heterocycles. The van der Waals surface area contributed by atoms with Crippen molar-refractivity contribution in [1.82, 2.24) is 15.3 Å². The lowest BCUT2D eigenvalue weighted by molar-refractivity contribution is -0.141. The van der Waals surface area contributed by atoms with Crippen molar-refractivity contribution < 1.29 is 24.2 Å². The molecule has 2 atom stereocenters. The highest BCUT2D eigenvalue weighted by Crippen LogP contribution is 2.38. The third-order valence-electron chi connectivity index (χ3n) is 6.16. The molecular weight excluding hydrogens is 448 g/mol. The molecule has 0 aliphatic carbocycles. The number of benzene rings is 2. The summed E-state index contributed by atoms with van der Waals surface area (Å²) < 4.78 is 11.0. The summed E-state index contributed by atoms with van der Waals surface area (Å²) in [6.45, 7) is 0.692. The number of hydrogen-bond acceptors (Lipinski definition) is 7. The van der Waals surface area contributed by atoms with Gasteiger partial charge >= 0.3 is 5.97 Å². The van der Waals surface area contributed by atoms with Gasteiger partial charge in [-0.1, -0.05) is 30.3 Å². The van der Waals surface area contributed by atoms with Gasteiger partial charge in [-0.2, -0.15) is 0 Å². The minimum Gasteiger partial charge on any atom is -0.496 e. The third kappa shape index (κ3) is 5.34. The van der Waals surface area contributed by atoms with E-state index in [4.69, 9.17) is 9.47 Å². The van der Waals surface area contributed by atoms with E-state index in [1.54, 1.807) is 26.6 Å². The molecule has 1 fully saturated rings. The molecule has 2 N–H and O–H groups in total. The smallest absolute Gasteiger partial charge is 0.326 e. The molecule has 3 aromatic rings. The first-order chi connectivity index (χ1) is 17.0. The number of ether oxygens (including phenoxy) is 2. The summed E-state index contributed by atoms with van der Waals surface area (Å²) in [4.78, 5) is 35.0. The Labute approximate surface area is 203 Å². The molecule has 1 amide bonds. The summed E-state index contributed by atoms with van der Waals surface area (Å²) in [5, 5.41) is 12.5. The average molecular weight is 477 g/mol. The van der Waals surface area contributed by atoms with Gasteiger partial charge in [0.2, 0.25) is 5.91 Å². The maximum atomic E-state index is 13.0. The Bertz CT molecular complexity index is 1150. The molecule has 0 bridgehead atoms. The SMILES string of the molecule is COc1cccc(OC)c1-c1ccc(C[C@H](NC(=O)[C@@H]2CCCN2c2cncnc2)C(=O)O)cc1. The zero-order chi connectivity index (χ0) is 24.8. The maximum Gasteiger partial charge on any atom is 0.326 e. The molecule has 1 aliphatic heterocycles. The fourth-order valence-corrected chi connectivity index (χ4v) is 4.43. The number of rotatable bonds is 9. The molecule has 182 valence electrons. The zero-order valence-electron chi connectivity index (χ0n) is 19.7. The minimum atomic E-state index is -1.08. The van der Waals surface area contributed by atoms with Gasteiger partial charge in [-0.25, -0.2) is 14.8 Å². The van der Waals surface area contributed by atoms with E-state index < -0.39 is 18.1 Å². The normalized spacial score (nSPS) is 15.9. The van der Waals surface area contributed by atoms with E-state index in [1.807, 2.05) is 47.4 Å². The lowest BCUT2D eigenvalue weighted by Gasteiger charge is -2.26. The molecular formula is C26H28N4O5. The van der Waals surface area contributed by atoms with Crippen molar-refractivity contribution in [2.24, 2.45) is 0 Å². The molecule has 2 aromatic carbocycles. The number of nitrogens with one attached hydrogen (secondary N) is 1. The van der Waals surface area contributed by atoms with Gasteiger partial charge < -0.3 is 24.8 Å². The van der Waals surface area contributed by atoms with Crippen LogP contribution in [0.25, 0.3) is 11.1 Å². The topological polar surface area (TPSA) is 114 Å². The van der Waals surface area contributed by atoms with E-state index in [1.165, 1.54) is 6.33 Å². The van der Waals surface area contributed by atoms with Crippen molar-refractivity contribution in [2.75, 3.05) is 25.7 Å². The van der Waals surface area contributed by atoms with Gasteiger partial charge in [0, 0.05) is 13.0 Å². The van der Waals surface area contributed by atoms with Gasteiger partial charge in [0.25, 0.3) is 0 Å². The summed E-state index contributed by atoms with van der Waals surface area (Å²) in [6, 6.07) is 11.6. The summed E-state index contributed by atoms with van der Waals surface area (Å²) in [5.41, 5.74) is 3.23. The van der Waals surface area contributed by atoms with Crippen molar-refractivity contribution >= 4 is 17.6 Å². The largest absolute Gasteiger partial charge is 0.496 e. The highest BCUT2D eigenvalue weighted by molar-refractivity contribution is 5.89. The Morgan fingerprint density at radius 2 is 1.74 bits per heavy atom. The minimum absolute atomic E-state index is 0.158. The predicted octanol–water partition coefficient (Wildman–Crippen LogP) is 2.94. The molecule has 0 saturated carbocycles. The van der Waals surface area contributed by atoms with Crippen molar-refractivity contribution in [3.05, 3.63) is 66.7 Å². The molecule has 0 unspecified atom stereocenters. The average Bonchev–Trinajstić information content (AvgIpc) is 3.39. The third-order valence-corrected chi connectivity index (χ3v) is 6.16. The first-order valence-corrected chi connectivity index (χ1v) is 11.4. The van der Waals surface area contributed by atoms with Gasteiger partial charge in [0.15, 0.2) is 0 Å². The number of carbonyl (C=O) groups excluding carboxylic acids is 1. The molecule has 0 spiro atoms. The second-order valence-electron chi connectivity index (χ2n) is 8.29. The molecule has 4 rings (SSSR count). The lowest BCUT2D eigenvalue weighted by atomic mass is 9.99. The highest BCUT2D eigenvalue weighted by atomic mass is 16.5. The summed E-state index contributed by atoms with van der Waals surface area (Å²) in [7, 11) is 3.20. The van der Waals surface area contributed by atoms with Gasteiger partial charge in [-0.05, 0) is 36.1 Å². The van der Waals surface area contributed by atoms with Crippen LogP contribution in [-0.4, -0.2) is 59.8 Å². The predicted molar refractivity (Wildman–Crippen MR) is 131 cm³/mol. The molecule has 0 radical (unpaired) electrons. The first-order valence-electron chi connectivity index (χ1n) is 11.4. The van der Waals surface area contributed by atoms with Crippen molar-refractivity contribution in [3.63, 3.8) is 0 Å². The molecule has 1 aromatic heterocycles. The van der Waals surface area contributed by atoms with Crippen LogP contribution in [0.15, 0.2) is 61.2 Å². The molecule has 9 heteroatoms. The number of methoxy groups -OCH3 is 2. The van der Waals surface area contributed by atoms with Gasteiger partial charge in [-0.3, -0.25) is 4.79 Å². The Kier molecular flexibility index (Phi) is 7.45. The summed E-state index contributed by atoms with van der Waals surface area (Å²) in [6.07, 6.45) is 6.38. The number of carbonyl (C=O) groups is 2. The quantitative estimate of drug-likeness (QED) is 0.485. The zero-order valence-corrected chi connectivity index (χ0v) is 19.7. The number of anilines is 1. The second kappa shape index (κ2) is 10.9. The van der Waals surface area contributed by atoms with E-state index >= 15 is 0 Å². The van der Waals surface area contributed by atoms with Crippen LogP contribution in [0.5, 0.6) is 11.5 Å². The summed E-state index contributed by atoms with van der Waals surface area (Å²) >= 11 is 0. The molecule has 9 nitrogen and oxygen atoms in total. The fourth-order valence-electron chi connectivity index (χ4n) is 4.43. The Morgan fingerprint density at radius 3 is 2.34 bits per heavy atom. The van der Waals surface area contributed by atoms with E-state index in [9.17, 15) is 14.7 Å². The van der Waals surface area contributed by atoms with Crippen molar-refractivity contribution in [2.45, 2.75) is 31.3 Å². The van der Waals surface area contributed by atoms with Gasteiger partial charge in [0.05, 0.1) is 37.9 Å². The number of carboxylic acid groups (broad SMARTS) is 1. The van der Waals surface area contributed by atoms with E-state index in [-0.39, 0.29) is 12.3 Å². The van der Waals surface area contributed by atoms with Crippen LogP contribution in [-0.2, 0) is 16.0 Å². The van der Waals surface area contributed by atoms with Crippen LogP contribution >= 0.6 is 0 Å². The monoisotopic (exact) mass is 476 g/mol. The van der Waals surface area contributed by atoms with Gasteiger partial charge in [-0.15, -0.1) is 0 Å². The first kappa shape index (κ1) is 24.0. The van der Waals surface area contributed by atoms with Crippen molar-refractivity contribution in [3.8, 4) is 22.6 Å². The Morgan fingerprint density at radius 1 is 1.09 bits per heavy atom. The summed E-state index contributed by atoms with van der Waals surface area (Å²) in [5.74, 6) is -0.0361. The number of carboxylic acids is 1. The number of aliphatic carboxylic acids is 1. The van der Waals surface area contributed by atoms with Gasteiger partial charge in [0.1, 0.15) is 29.9 Å². The molecule has 1 aliphatic rings. The fraction of sp³-hybridized carbons (Fsp3) is 0.308. The van der Waals surface area contributed by atoms with Crippen molar-refractivity contribution in [1.29, 1.82) is 0 Å². The van der Waals surface area contributed by atoms with E-state index in [0.29, 0.717) is 24.5 Å². The standard InChI is InChI=1S/C26H28N4O5/c1-34-22-6-3-7-23(35-2)24(22)18-10-8-17(9-11-18)13-20(26(32)33)29-25(31)21-5-4-12-30(21)19-14-27-16-28-15-19/h3,6-11,14-16,20-21H,4-5,12-13H2,1-2H3,(H,29,31)(H,32,33)/t20-,21-/m0/s1. The number of hydrogen-bond donors (Lipinski definition) is 2. The maximum absolute atomic E-state index is 13.0. The lowest BCUT2D eigenvalue weighted by Crippen LogP contribution is -2.50. The number of nitrogens with zero attached hydrogens (tertiary/aromatic N) is 3. The Balaban J connectivity index is 1.48. The second-order valence-corrected chi connectivity index (χ2v) is 8.29. The molecule has 35 heavy (non-hydrogen) atoms. The highest BCUT2D eigenvalue weighted by Gasteiger charge is 2.33. The van der Waals surface area contributed by atoms with Crippen LogP contribution in [0.2, 0.25) is 0 Å². The Hall–Kier alpha value is -4.14. The number of aromatic nitrogens is 2. The van der Waals surface area contributed by atoms with Crippen LogP contribution < -0.4 is 19.7 Å². The van der Waals surface area contributed by atoms with Crippen LogP contribution in [0.4, 0.5) is 5.69 Å². The van der Waals surface area contributed by atoms with Crippen LogP contribution in [0.1, 0.15) is 18.4 Å². The van der Waals surface area contributed by atoms with Crippen LogP contribution in [0, 0.1) is 0 Å². The van der Waals surface area contributed by atoms with E-state index in [2.05, 4.69) is 15.3 Å². The van der Waals surface area contributed by atoms with Crippen LogP contribution in [0.3, 0.4) is 0 Å². The molecule has 1 saturated heterocycles.